The van der Waals surface area contributed by atoms with E-state index in [1.165, 1.54) is 11.1 Å². The number of rotatable bonds is 2. The van der Waals surface area contributed by atoms with Crippen molar-refractivity contribution >= 4 is 5.95 Å². The first-order chi connectivity index (χ1) is 10.3. The van der Waals surface area contributed by atoms with Crippen molar-refractivity contribution in [3.05, 3.63) is 59.8 Å². The van der Waals surface area contributed by atoms with E-state index in [9.17, 15) is 0 Å². The van der Waals surface area contributed by atoms with Crippen LogP contribution in [0.3, 0.4) is 0 Å². The number of nitrogens with one attached hydrogen (secondary N) is 1. The van der Waals surface area contributed by atoms with Crippen LogP contribution in [0, 0.1) is 0 Å². The first-order valence-electron chi connectivity index (χ1n) is 6.99. The summed E-state index contributed by atoms with van der Waals surface area (Å²) < 4.78 is 0. The summed E-state index contributed by atoms with van der Waals surface area (Å²) in [6.07, 6.45) is 7.23. The highest BCUT2D eigenvalue weighted by molar-refractivity contribution is 5.62. The lowest BCUT2D eigenvalue weighted by atomic mass is 9.97. The van der Waals surface area contributed by atoms with E-state index < -0.39 is 0 Å². The van der Waals surface area contributed by atoms with E-state index in [4.69, 9.17) is 5.73 Å². The third-order valence-electron chi connectivity index (χ3n) is 4.06. The third kappa shape index (κ3) is 2.07. The molecule has 0 bridgehead atoms. The molecular weight excluding hydrogens is 262 g/mol. The predicted octanol–water partition coefficient (Wildman–Crippen LogP) is 2.33. The monoisotopic (exact) mass is 277 g/mol. The fourth-order valence-electron chi connectivity index (χ4n) is 3.08. The molecule has 1 aliphatic rings. The number of hydrogen-bond donors (Lipinski definition) is 2. The molecule has 5 heteroatoms. The normalized spacial score (nSPS) is 14.3. The van der Waals surface area contributed by atoms with Crippen molar-refractivity contribution in [2.75, 3.05) is 5.73 Å². The van der Waals surface area contributed by atoms with Crippen LogP contribution in [0.15, 0.2) is 43.0 Å². The SMILES string of the molecule is Nc1ncc(-c2cnc[nH]2)c(C2Cc3ccccc3C2)n1. The fourth-order valence-corrected chi connectivity index (χ4v) is 3.08. The van der Waals surface area contributed by atoms with E-state index >= 15 is 0 Å². The molecule has 0 radical (unpaired) electrons. The van der Waals surface area contributed by atoms with Crippen LogP contribution < -0.4 is 5.73 Å². The molecule has 0 saturated carbocycles. The number of anilines is 1. The average molecular weight is 277 g/mol. The van der Waals surface area contributed by atoms with Gasteiger partial charge >= 0.3 is 0 Å². The van der Waals surface area contributed by atoms with Gasteiger partial charge in [-0.15, -0.1) is 0 Å². The van der Waals surface area contributed by atoms with Crippen molar-refractivity contribution in [2.24, 2.45) is 0 Å². The molecule has 4 rings (SSSR count). The summed E-state index contributed by atoms with van der Waals surface area (Å²) in [5, 5.41) is 0. The van der Waals surface area contributed by atoms with Crippen molar-refractivity contribution in [3.8, 4) is 11.3 Å². The summed E-state index contributed by atoms with van der Waals surface area (Å²) in [5.74, 6) is 0.662. The highest BCUT2D eigenvalue weighted by Crippen LogP contribution is 2.36. The molecule has 0 fully saturated rings. The predicted molar refractivity (Wildman–Crippen MR) is 80.6 cm³/mol. The maximum absolute atomic E-state index is 5.81. The summed E-state index contributed by atoms with van der Waals surface area (Å²) in [5.41, 5.74) is 11.5. The van der Waals surface area contributed by atoms with Gasteiger partial charge in [0.2, 0.25) is 5.95 Å². The molecule has 0 unspecified atom stereocenters. The number of imidazole rings is 1. The lowest BCUT2D eigenvalue weighted by Gasteiger charge is -2.13. The van der Waals surface area contributed by atoms with Crippen LogP contribution in [0.1, 0.15) is 22.7 Å². The Morgan fingerprint density at radius 2 is 1.86 bits per heavy atom. The molecular formula is C16H15N5. The van der Waals surface area contributed by atoms with Gasteiger partial charge in [-0.05, 0) is 24.0 Å². The van der Waals surface area contributed by atoms with Crippen LogP contribution in [0.4, 0.5) is 5.95 Å². The molecule has 0 aliphatic heterocycles. The maximum atomic E-state index is 5.81. The Hall–Kier alpha value is -2.69. The smallest absolute Gasteiger partial charge is 0.220 e. The van der Waals surface area contributed by atoms with Crippen molar-refractivity contribution < 1.29 is 0 Å². The molecule has 0 amide bonds. The van der Waals surface area contributed by atoms with E-state index in [-0.39, 0.29) is 0 Å². The van der Waals surface area contributed by atoms with Gasteiger partial charge in [0.1, 0.15) is 0 Å². The molecule has 1 aliphatic carbocycles. The van der Waals surface area contributed by atoms with Crippen molar-refractivity contribution in [2.45, 2.75) is 18.8 Å². The molecule has 104 valence electrons. The number of H-pyrrole nitrogens is 1. The van der Waals surface area contributed by atoms with E-state index in [2.05, 4.69) is 44.2 Å². The van der Waals surface area contributed by atoms with E-state index in [1.807, 2.05) is 0 Å². The zero-order valence-corrected chi connectivity index (χ0v) is 11.5. The molecule has 2 heterocycles. The van der Waals surface area contributed by atoms with Crippen LogP contribution in [0.2, 0.25) is 0 Å². The van der Waals surface area contributed by atoms with Crippen LogP contribution >= 0.6 is 0 Å². The molecule has 0 atom stereocenters. The third-order valence-corrected chi connectivity index (χ3v) is 4.06. The van der Waals surface area contributed by atoms with Gasteiger partial charge in [-0.2, -0.15) is 0 Å². The van der Waals surface area contributed by atoms with Gasteiger partial charge in [-0.1, -0.05) is 24.3 Å². The molecule has 1 aromatic carbocycles. The number of benzene rings is 1. The fraction of sp³-hybridized carbons (Fsp3) is 0.188. The van der Waals surface area contributed by atoms with Gasteiger partial charge in [-0.25, -0.2) is 15.0 Å². The Balaban J connectivity index is 1.78. The molecule has 0 spiro atoms. The second-order valence-electron chi connectivity index (χ2n) is 5.37. The molecule has 3 N–H and O–H groups in total. The van der Waals surface area contributed by atoms with E-state index in [0.717, 1.165) is 29.8 Å². The van der Waals surface area contributed by atoms with E-state index in [1.54, 1.807) is 18.7 Å². The standard InChI is InChI=1S/C16H15N5/c17-16-19-7-13(14-8-18-9-20-14)15(21-16)12-5-10-3-1-2-4-11(10)6-12/h1-4,7-9,12H,5-6H2,(H,18,20)(H2,17,19,21). The Bertz CT molecular complexity index is 754. The van der Waals surface area contributed by atoms with Crippen molar-refractivity contribution in [1.82, 2.24) is 19.9 Å². The Kier molecular flexibility index (Phi) is 2.70. The lowest BCUT2D eigenvalue weighted by Crippen LogP contribution is -2.07. The lowest BCUT2D eigenvalue weighted by molar-refractivity contribution is 0.714. The van der Waals surface area contributed by atoms with Crippen LogP contribution in [0.5, 0.6) is 0 Å². The summed E-state index contributed by atoms with van der Waals surface area (Å²) in [6, 6.07) is 8.56. The highest BCUT2D eigenvalue weighted by atomic mass is 15.0. The van der Waals surface area contributed by atoms with Crippen molar-refractivity contribution in [1.29, 1.82) is 0 Å². The molecule has 0 saturated heterocycles. The Morgan fingerprint density at radius 1 is 1.10 bits per heavy atom. The largest absolute Gasteiger partial charge is 0.368 e. The number of nitrogens with two attached hydrogens (primary N) is 1. The van der Waals surface area contributed by atoms with Gasteiger partial charge in [0, 0.05) is 17.7 Å². The number of aromatic nitrogens is 4. The first-order valence-corrected chi connectivity index (χ1v) is 6.99. The Labute approximate surface area is 122 Å². The Morgan fingerprint density at radius 3 is 2.52 bits per heavy atom. The minimum atomic E-state index is 0.323. The second kappa shape index (κ2) is 4.70. The molecule has 5 nitrogen and oxygen atoms in total. The first kappa shape index (κ1) is 12.1. The molecule has 2 aromatic heterocycles. The minimum Gasteiger partial charge on any atom is -0.368 e. The summed E-state index contributed by atoms with van der Waals surface area (Å²) >= 11 is 0. The molecule has 21 heavy (non-hydrogen) atoms. The van der Waals surface area contributed by atoms with Gasteiger partial charge < -0.3 is 10.7 Å². The quantitative estimate of drug-likeness (QED) is 0.753. The molecule has 3 aromatic rings. The van der Waals surface area contributed by atoms with Gasteiger partial charge in [0.05, 0.1) is 23.9 Å². The average Bonchev–Trinajstić information content (AvgIpc) is 3.16. The zero-order chi connectivity index (χ0) is 14.2. The van der Waals surface area contributed by atoms with Crippen LogP contribution in [0.25, 0.3) is 11.3 Å². The van der Waals surface area contributed by atoms with Crippen LogP contribution in [-0.4, -0.2) is 19.9 Å². The van der Waals surface area contributed by atoms with Gasteiger partial charge in [0.15, 0.2) is 0 Å². The van der Waals surface area contributed by atoms with Gasteiger partial charge in [0.25, 0.3) is 0 Å². The summed E-state index contributed by atoms with van der Waals surface area (Å²) in [4.78, 5) is 15.9. The van der Waals surface area contributed by atoms with E-state index in [0.29, 0.717) is 11.9 Å². The number of aromatic amines is 1. The number of fused-ring (bicyclic) bond motifs is 1. The second-order valence-corrected chi connectivity index (χ2v) is 5.37. The summed E-state index contributed by atoms with van der Waals surface area (Å²) in [7, 11) is 0. The minimum absolute atomic E-state index is 0.323. The van der Waals surface area contributed by atoms with Crippen LogP contribution in [-0.2, 0) is 12.8 Å². The number of nitrogens with zero attached hydrogens (tertiary/aromatic N) is 3. The van der Waals surface area contributed by atoms with Crippen molar-refractivity contribution in [3.63, 3.8) is 0 Å². The number of hydrogen-bond acceptors (Lipinski definition) is 4. The zero-order valence-electron chi connectivity index (χ0n) is 11.5. The highest BCUT2D eigenvalue weighted by Gasteiger charge is 2.26. The summed E-state index contributed by atoms with van der Waals surface area (Å²) in [6.45, 7) is 0. The topological polar surface area (TPSA) is 80.5 Å². The number of nitrogen functional groups attached to an aromatic ring is 1. The van der Waals surface area contributed by atoms with Gasteiger partial charge in [-0.3, -0.25) is 0 Å². The maximum Gasteiger partial charge on any atom is 0.220 e.